The molecule has 0 aliphatic heterocycles. The Kier molecular flexibility index (Phi) is 3.81. The van der Waals surface area contributed by atoms with Crippen LogP contribution in [0.15, 0.2) is 18.2 Å². The number of anilines is 1. The number of hydrogen-bond acceptors (Lipinski definition) is 3. The van der Waals surface area contributed by atoms with Crippen molar-refractivity contribution in [1.29, 1.82) is 5.39 Å². The average molecular weight is 232 g/mol. The fraction of sp³-hybridized carbons (Fsp3) is 0.538. The second kappa shape index (κ2) is 5.53. The number of diazo groups is 1. The fourth-order valence-corrected chi connectivity index (χ4v) is 2.33. The number of hydrogen-bond donors (Lipinski definition) is 1. The molecule has 0 bridgehead atoms. The summed E-state index contributed by atoms with van der Waals surface area (Å²) in [5.41, 5.74) is 1.49. The summed E-state index contributed by atoms with van der Waals surface area (Å²) < 4.78 is 5.30. The summed E-state index contributed by atoms with van der Waals surface area (Å²) in [4.78, 5) is 3.16. The molecule has 0 atom stereocenters. The third-order valence-corrected chi connectivity index (χ3v) is 3.27. The molecule has 1 N–H and O–H groups in total. The Balaban J connectivity index is 2.11. The highest BCUT2D eigenvalue weighted by molar-refractivity contribution is 5.64. The van der Waals surface area contributed by atoms with Crippen LogP contribution in [-0.4, -0.2) is 13.2 Å². The number of rotatable bonds is 3. The molecule has 1 saturated carbocycles. The number of benzene rings is 1. The molecule has 0 aromatic heterocycles. The molecule has 0 unspecified atom stereocenters. The van der Waals surface area contributed by atoms with Gasteiger partial charge in [0, 0.05) is 12.1 Å². The topological polar surface area (TPSA) is 49.4 Å². The van der Waals surface area contributed by atoms with Gasteiger partial charge in [0.05, 0.1) is 18.9 Å². The van der Waals surface area contributed by atoms with Crippen LogP contribution in [0.2, 0.25) is 0 Å². The molecule has 90 valence electrons. The first-order valence-electron chi connectivity index (χ1n) is 6.13. The van der Waals surface area contributed by atoms with Crippen molar-refractivity contribution in [1.82, 2.24) is 0 Å². The summed E-state index contributed by atoms with van der Waals surface area (Å²) in [6, 6.07) is 5.94. The van der Waals surface area contributed by atoms with Crippen molar-refractivity contribution in [2.75, 3.05) is 12.4 Å². The maximum atomic E-state index is 8.72. The van der Waals surface area contributed by atoms with Crippen molar-refractivity contribution in [2.45, 2.75) is 38.1 Å². The van der Waals surface area contributed by atoms with E-state index < -0.39 is 0 Å². The molecule has 1 aromatic rings. The number of nitrogens with zero attached hydrogens (tertiary/aromatic N) is 2. The first-order chi connectivity index (χ1) is 8.33. The van der Waals surface area contributed by atoms with Gasteiger partial charge in [0.25, 0.3) is 0 Å². The minimum atomic E-state index is 0.510. The van der Waals surface area contributed by atoms with E-state index in [1.54, 1.807) is 19.2 Å². The minimum absolute atomic E-state index is 0.510. The average Bonchev–Trinajstić information content (AvgIpc) is 2.40. The lowest BCUT2D eigenvalue weighted by molar-refractivity contribution is 0.413. The molecule has 0 spiro atoms. The van der Waals surface area contributed by atoms with Crippen LogP contribution in [0.5, 0.6) is 5.75 Å². The summed E-state index contributed by atoms with van der Waals surface area (Å²) in [5, 5.41) is 12.2. The summed E-state index contributed by atoms with van der Waals surface area (Å²) in [6.07, 6.45) is 6.37. The van der Waals surface area contributed by atoms with E-state index in [9.17, 15) is 0 Å². The van der Waals surface area contributed by atoms with Crippen molar-refractivity contribution in [3.8, 4) is 5.75 Å². The van der Waals surface area contributed by atoms with Crippen LogP contribution in [0, 0.1) is 5.39 Å². The Hall–Kier alpha value is -1.76. The molecule has 1 aliphatic carbocycles. The van der Waals surface area contributed by atoms with Gasteiger partial charge in [0.15, 0.2) is 4.98 Å². The lowest BCUT2D eigenvalue weighted by atomic mass is 9.95. The Morgan fingerprint density at radius 1 is 1.29 bits per heavy atom. The van der Waals surface area contributed by atoms with E-state index in [0.29, 0.717) is 11.7 Å². The zero-order chi connectivity index (χ0) is 12.1. The predicted molar refractivity (Wildman–Crippen MR) is 68.2 cm³/mol. The Morgan fingerprint density at radius 2 is 2.06 bits per heavy atom. The van der Waals surface area contributed by atoms with Gasteiger partial charge in [-0.3, -0.25) is 0 Å². The maximum absolute atomic E-state index is 8.72. The van der Waals surface area contributed by atoms with Crippen LogP contribution in [0.3, 0.4) is 0 Å². The Bertz CT molecular complexity index is 419. The smallest absolute Gasteiger partial charge is 0.388 e. The lowest BCUT2D eigenvalue weighted by Crippen LogP contribution is -2.22. The summed E-state index contributed by atoms with van der Waals surface area (Å²) in [6.45, 7) is 0. The third kappa shape index (κ3) is 2.88. The molecule has 2 rings (SSSR count). The van der Waals surface area contributed by atoms with Crippen LogP contribution in [0.25, 0.3) is 4.98 Å². The van der Waals surface area contributed by atoms with Crippen LogP contribution in [0.4, 0.5) is 11.4 Å². The predicted octanol–water partition coefficient (Wildman–Crippen LogP) is 3.92. The van der Waals surface area contributed by atoms with Crippen molar-refractivity contribution in [3.63, 3.8) is 0 Å². The molecule has 0 radical (unpaired) electrons. The van der Waals surface area contributed by atoms with E-state index in [1.165, 1.54) is 32.1 Å². The van der Waals surface area contributed by atoms with E-state index in [0.717, 1.165) is 11.4 Å². The highest BCUT2D eigenvalue weighted by Gasteiger charge is 2.16. The molecule has 0 heterocycles. The number of ether oxygens (including phenoxy) is 1. The van der Waals surface area contributed by atoms with Crippen LogP contribution in [-0.2, 0) is 0 Å². The number of methoxy groups -OCH3 is 1. The van der Waals surface area contributed by atoms with Gasteiger partial charge in [-0.2, -0.15) is 0 Å². The Labute approximate surface area is 102 Å². The van der Waals surface area contributed by atoms with E-state index in [-0.39, 0.29) is 0 Å². The number of nitrogens with one attached hydrogen (secondary N) is 1. The molecule has 1 aromatic carbocycles. The van der Waals surface area contributed by atoms with Gasteiger partial charge in [-0.15, -0.1) is 0 Å². The molecular formula is C13H18N3O+. The van der Waals surface area contributed by atoms with Gasteiger partial charge in [0.1, 0.15) is 5.75 Å². The van der Waals surface area contributed by atoms with Gasteiger partial charge in [-0.1, -0.05) is 19.3 Å². The van der Waals surface area contributed by atoms with Gasteiger partial charge in [0.2, 0.25) is 5.39 Å². The van der Waals surface area contributed by atoms with E-state index >= 15 is 0 Å². The SMILES string of the molecule is COc1cc([N+]#N)ccc1NC1CCCCC1. The van der Waals surface area contributed by atoms with Crippen LogP contribution >= 0.6 is 0 Å². The summed E-state index contributed by atoms with van der Waals surface area (Å²) >= 11 is 0. The first-order valence-corrected chi connectivity index (χ1v) is 6.13. The van der Waals surface area contributed by atoms with Crippen molar-refractivity contribution in [2.24, 2.45) is 0 Å². The molecule has 17 heavy (non-hydrogen) atoms. The van der Waals surface area contributed by atoms with Crippen molar-refractivity contribution >= 4 is 11.4 Å². The van der Waals surface area contributed by atoms with Gasteiger partial charge >= 0.3 is 5.69 Å². The monoisotopic (exact) mass is 232 g/mol. The highest BCUT2D eigenvalue weighted by atomic mass is 16.5. The molecule has 0 saturated heterocycles. The molecular weight excluding hydrogens is 214 g/mol. The standard InChI is InChI=1S/C13H18N3O/c1-17-13-9-11(16-14)7-8-12(13)15-10-5-3-2-4-6-10/h7-10,15H,2-6H2,1H3/q+1. The van der Waals surface area contributed by atoms with Crippen LogP contribution < -0.4 is 10.1 Å². The van der Waals surface area contributed by atoms with Crippen molar-refractivity contribution < 1.29 is 4.74 Å². The second-order valence-corrected chi connectivity index (χ2v) is 4.46. The van der Waals surface area contributed by atoms with Gasteiger partial charge in [-0.05, 0) is 18.9 Å². The normalized spacial score (nSPS) is 16.2. The Morgan fingerprint density at radius 3 is 2.71 bits per heavy atom. The highest BCUT2D eigenvalue weighted by Crippen LogP contribution is 2.31. The lowest BCUT2D eigenvalue weighted by Gasteiger charge is -2.24. The largest absolute Gasteiger partial charge is 0.494 e. The second-order valence-electron chi connectivity index (χ2n) is 4.46. The van der Waals surface area contributed by atoms with Gasteiger partial charge in [-0.25, -0.2) is 0 Å². The van der Waals surface area contributed by atoms with Gasteiger partial charge < -0.3 is 10.1 Å². The molecule has 4 heteroatoms. The van der Waals surface area contributed by atoms with E-state index in [4.69, 9.17) is 10.1 Å². The molecule has 4 nitrogen and oxygen atoms in total. The van der Waals surface area contributed by atoms with Crippen molar-refractivity contribution in [3.05, 3.63) is 23.2 Å². The molecule has 1 fully saturated rings. The van der Waals surface area contributed by atoms with E-state index in [2.05, 4.69) is 10.3 Å². The molecule has 0 amide bonds. The third-order valence-electron chi connectivity index (χ3n) is 3.27. The van der Waals surface area contributed by atoms with E-state index in [1.807, 2.05) is 6.07 Å². The maximum Gasteiger partial charge on any atom is 0.388 e. The minimum Gasteiger partial charge on any atom is -0.494 e. The summed E-state index contributed by atoms with van der Waals surface area (Å²) in [7, 11) is 1.63. The first kappa shape index (κ1) is 11.7. The zero-order valence-electron chi connectivity index (χ0n) is 10.1. The van der Waals surface area contributed by atoms with Crippen LogP contribution in [0.1, 0.15) is 32.1 Å². The quantitative estimate of drug-likeness (QED) is 0.803. The zero-order valence-corrected chi connectivity index (χ0v) is 10.1. The molecule has 1 aliphatic rings. The summed E-state index contributed by atoms with van der Waals surface area (Å²) in [5.74, 6) is 0.728. The fourth-order valence-electron chi connectivity index (χ4n) is 2.33.